The van der Waals surface area contributed by atoms with E-state index in [1.807, 2.05) is 19.1 Å². The predicted molar refractivity (Wildman–Crippen MR) is 72.9 cm³/mol. The molecule has 0 aliphatic carbocycles. The van der Waals surface area contributed by atoms with Crippen molar-refractivity contribution >= 4 is 0 Å². The Morgan fingerprint density at radius 2 is 2.00 bits per heavy atom. The van der Waals surface area contributed by atoms with Crippen molar-refractivity contribution in [3.05, 3.63) is 54.1 Å². The van der Waals surface area contributed by atoms with Crippen molar-refractivity contribution in [2.24, 2.45) is 0 Å². The van der Waals surface area contributed by atoms with E-state index in [0.717, 1.165) is 12.0 Å². The third kappa shape index (κ3) is 3.09. The number of hydrogen-bond donors (Lipinski definition) is 1. The average Bonchev–Trinajstić information content (AvgIpc) is 2.46. The van der Waals surface area contributed by atoms with Crippen molar-refractivity contribution in [2.45, 2.75) is 25.9 Å². The van der Waals surface area contributed by atoms with Crippen LogP contribution in [0, 0.1) is 0 Å². The SMILES string of the molecule is CCCOc1cncc(C(C)(O)c2cccnc2)c1. The molecule has 0 spiro atoms. The Labute approximate surface area is 113 Å². The number of hydrogen-bond acceptors (Lipinski definition) is 4. The van der Waals surface area contributed by atoms with Crippen molar-refractivity contribution in [3.63, 3.8) is 0 Å². The maximum absolute atomic E-state index is 10.7. The first-order valence-corrected chi connectivity index (χ1v) is 6.36. The molecule has 0 aromatic carbocycles. The minimum Gasteiger partial charge on any atom is -0.492 e. The first-order valence-electron chi connectivity index (χ1n) is 6.36. The fourth-order valence-electron chi connectivity index (χ4n) is 1.80. The standard InChI is InChI=1S/C15H18N2O2/c1-3-7-19-14-8-13(10-17-11-14)15(2,18)12-5-4-6-16-9-12/h4-6,8-11,18H,3,7H2,1-2H3. The highest BCUT2D eigenvalue weighted by atomic mass is 16.5. The Morgan fingerprint density at radius 3 is 2.68 bits per heavy atom. The first kappa shape index (κ1) is 13.5. The van der Waals surface area contributed by atoms with E-state index in [9.17, 15) is 5.11 Å². The largest absolute Gasteiger partial charge is 0.492 e. The summed E-state index contributed by atoms with van der Waals surface area (Å²) < 4.78 is 5.54. The normalized spacial score (nSPS) is 13.8. The fourth-order valence-corrected chi connectivity index (χ4v) is 1.80. The lowest BCUT2D eigenvalue weighted by atomic mass is 9.90. The summed E-state index contributed by atoms with van der Waals surface area (Å²) in [7, 11) is 0. The van der Waals surface area contributed by atoms with Crippen molar-refractivity contribution in [3.8, 4) is 5.75 Å². The highest BCUT2D eigenvalue weighted by Gasteiger charge is 2.26. The van der Waals surface area contributed by atoms with Gasteiger partial charge in [0.25, 0.3) is 0 Å². The molecular weight excluding hydrogens is 240 g/mol. The van der Waals surface area contributed by atoms with Crippen LogP contribution in [0.1, 0.15) is 31.4 Å². The number of aliphatic hydroxyl groups is 1. The van der Waals surface area contributed by atoms with Crippen LogP contribution in [0.25, 0.3) is 0 Å². The van der Waals surface area contributed by atoms with Crippen LogP contribution in [0.15, 0.2) is 43.0 Å². The minimum absolute atomic E-state index is 0.639. The summed E-state index contributed by atoms with van der Waals surface area (Å²) in [6.45, 7) is 4.41. The average molecular weight is 258 g/mol. The topological polar surface area (TPSA) is 55.2 Å². The van der Waals surface area contributed by atoms with Gasteiger partial charge >= 0.3 is 0 Å². The second-order valence-electron chi connectivity index (χ2n) is 4.57. The summed E-state index contributed by atoms with van der Waals surface area (Å²) in [6, 6.07) is 5.46. The van der Waals surface area contributed by atoms with E-state index >= 15 is 0 Å². The minimum atomic E-state index is -1.13. The van der Waals surface area contributed by atoms with Crippen molar-refractivity contribution in [1.29, 1.82) is 0 Å². The Bertz CT molecular complexity index is 527. The molecule has 1 unspecified atom stereocenters. The lowest BCUT2D eigenvalue weighted by Crippen LogP contribution is -2.23. The first-order chi connectivity index (χ1) is 9.14. The molecule has 19 heavy (non-hydrogen) atoms. The van der Waals surface area contributed by atoms with Gasteiger partial charge in [-0.05, 0) is 25.5 Å². The van der Waals surface area contributed by atoms with Crippen molar-refractivity contribution in [2.75, 3.05) is 6.61 Å². The van der Waals surface area contributed by atoms with Gasteiger partial charge in [-0.25, -0.2) is 0 Å². The van der Waals surface area contributed by atoms with Gasteiger partial charge in [-0.1, -0.05) is 13.0 Å². The second-order valence-corrected chi connectivity index (χ2v) is 4.57. The van der Waals surface area contributed by atoms with Gasteiger partial charge in [0.05, 0.1) is 12.8 Å². The molecule has 0 aliphatic heterocycles. The highest BCUT2D eigenvalue weighted by molar-refractivity contribution is 5.35. The zero-order valence-electron chi connectivity index (χ0n) is 11.2. The van der Waals surface area contributed by atoms with E-state index in [2.05, 4.69) is 9.97 Å². The van der Waals surface area contributed by atoms with Gasteiger partial charge < -0.3 is 9.84 Å². The number of nitrogens with zero attached hydrogens (tertiary/aromatic N) is 2. The Balaban J connectivity index is 2.30. The Hall–Kier alpha value is -1.94. The molecule has 1 N–H and O–H groups in total. The Kier molecular flexibility index (Phi) is 4.12. The van der Waals surface area contributed by atoms with E-state index in [1.165, 1.54) is 0 Å². The van der Waals surface area contributed by atoms with Crippen molar-refractivity contribution in [1.82, 2.24) is 9.97 Å². The van der Waals surface area contributed by atoms with Crippen LogP contribution in [0.2, 0.25) is 0 Å². The highest BCUT2D eigenvalue weighted by Crippen LogP contribution is 2.29. The maximum atomic E-state index is 10.7. The summed E-state index contributed by atoms with van der Waals surface area (Å²) in [5, 5.41) is 10.7. The molecule has 0 radical (unpaired) electrons. The zero-order chi connectivity index (χ0) is 13.7. The molecule has 0 saturated heterocycles. The molecule has 0 amide bonds. The Morgan fingerprint density at radius 1 is 1.21 bits per heavy atom. The number of pyridine rings is 2. The lowest BCUT2D eigenvalue weighted by molar-refractivity contribution is 0.101. The van der Waals surface area contributed by atoms with Gasteiger partial charge in [-0.3, -0.25) is 9.97 Å². The van der Waals surface area contributed by atoms with Gasteiger partial charge in [-0.2, -0.15) is 0 Å². The molecule has 2 rings (SSSR count). The van der Waals surface area contributed by atoms with Crippen LogP contribution in [0.5, 0.6) is 5.75 Å². The molecule has 4 heteroatoms. The number of rotatable bonds is 5. The number of aromatic nitrogens is 2. The van der Waals surface area contributed by atoms with Crippen LogP contribution in [-0.2, 0) is 5.60 Å². The third-order valence-electron chi connectivity index (χ3n) is 2.97. The van der Waals surface area contributed by atoms with E-state index in [-0.39, 0.29) is 0 Å². The van der Waals surface area contributed by atoms with E-state index in [4.69, 9.17) is 4.74 Å². The molecule has 100 valence electrons. The van der Waals surface area contributed by atoms with Gasteiger partial charge in [-0.15, -0.1) is 0 Å². The van der Waals surface area contributed by atoms with Crippen LogP contribution in [0.4, 0.5) is 0 Å². The smallest absolute Gasteiger partial charge is 0.137 e. The monoisotopic (exact) mass is 258 g/mol. The predicted octanol–water partition coefficient (Wildman–Crippen LogP) is 2.52. The van der Waals surface area contributed by atoms with Crippen molar-refractivity contribution < 1.29 is 9.84 Å². The molecule has 2 aromatic heterocycles. The molecule has 0 bridgehead atoms. The van der Waals surface area contributed by atoms with Gasteiger partial charge in [0.2, 0.25) is 0 Å². The van der Waals surface area contributed by atoms with Crippen LogP contribution in [0.3, 0.4) is 0 Å². The number of ether oxygens (including phenoxy) is 1. The molecule has 2 heterocycles. The van der Waals surface area contributed by atoms with Crippen LogP contribution in [-0.4, -0.2) is 21.7 Å². The second kappa shape index (κ2) is 5.80. The molecule has 1 atom stereocenters. The van der Waals surface area contributed by atoms with Gasteiger partial charge in [0.1, 0.15) is 11.4 Å². The van der Waals surface area contributed by atoms with E-state index < -0.39 is 5.60 Å². The maximum Gasteiger partial charge on any atom is 0.137 e. The molecule has 2 aromatic rings. The lowest BCUT2D eigenvalue weighted by Gasteiger charge is -2.24. The van der Waals surface area contributed by atoms with E-state index in [1.54, 1.807) is 37.8 Å². The summed E-state index contributed by atoms with van der Waals surface area (Å²) in [6.07, 6.45) is 7.56. The zero-order valence-corrected chi connectivity index (χ0v) is 11.2. The summed E-state index contributed by atoms with van der Waals surface area (Å²) >= 11 is 0. The fraction of sp³-hybridized carbons (Fsp3) is 0.333. The summed E-state index contributed by atoms with van der Waals surface area (Å²) in [5.74, 6) is 0.670. The molecule has 0 saturated carbocycles. The van der Waals surface area contributed by atoms with Crippen LogP contribution < -0.4 is 4.74 Å². The third-order valence-corrected chi connectivity index (χ3v) is 2.97. The molecule has 4 nitrogen and oxygen atoms in total. The molecular formula is C15H18N2O2. The quantitative estimate of drug-likeness (QED) is 0.895. The molecule has 0 aliphatic rings. The van der Waals surface area contributed by atoms with Gasteiger partial charge in [0, 0.05) is 29.7 Å². The molecule has 0 fully saturated rings. The van der Waals surface area contributed by atoms with Crippen LogP contribution >= 0.6 is 0 Å². The van der Waals surface area contributed by atoms with Gasteiger partial charge in [0.15, 0.2) is 0 Å². The summed E-state index contributed by atoms with van der Waals surface area (Å²) in [5.41, 5.74) is 0.283. The summed E-state index contributed by atoms with van der Waals surface area (Å²) in [4.78, 5) is 8.16. The van der Waals surface area contributed by atoms with E-state index in [0.29, 0.717) is 17.9 Å².